The predicted octanol–water partition coefficient (Wildman–Crippen LogP) is 7.18. The Morgan fingerprint density at radius 3 is 1.13 bits per heavy atom. The predicted molar refractivity (Wildman–Crippen MR) is 129 cm³/mol. The average Bonchev–Trinajstić information content (AvgIpc) is 2.70. The van der Waals surface area contributed by atoms with Gasteiger partial charge in [0, 0.05) is 12.8 Å². The monoisotopic (exact) mass is 424 g/mol. The lowest BCUT2D eigenvalue weighted by Gasteiger charge is -2.17. The van der Waals surface area contributed by atoms with Crippen molar-refractivity contribution in [2.45, 2.75) is 148 Å². The molecule has 0 aliphatic carbocycles. The van der Waals surface area contributed by atoms with Crippen molar-refractivity contribution in [3.8, 4) is 0 Å². The van der Waals surface area contributed by atoms with E-state index in [1.165, 1.54) is 103 Å². The van der Waals surface area contributed by atoms with E-state index in [0.29, 0.717) is 12.8 Å². The van der Waals surface area contributed by atoms with Crippen molar-refractivity contribution in [3.05, 3.63) is 0 Å². The number of hydrogen-bond donors (Lipinski definition) is 2. The molecule has 0 aromatic carbocycles. The zero-order chi connectivity index (χ0) is 22.3. The largest absolute Gasteiger partial charge is 0.370 e. The molecule has 0 radical (unpaired) electrons. The summed E-state index contributed by atoms with van der Waals surface area (Å²) in [6.07, 6.45) is 27.0. The van der Waals surface area contributed by atoms with E-state index in [9.17, 15) is 9.59 Å². The fraction of sp³-hybridized carbons (Fsp3) is 0.923. The zero-order valence-corrected chi connectivity index (χ0v) is 20.1. The Labute approximate surface area is 187 Å². The molecule has 0 rings (SSSR count). The fourth-order valence-electron chi connectivity index (χ4n) is 4.35. The van der Waals surface area contributed by atoms with Crippen molar-refractivity contribution in [2.24, 2.45) is 17.4 Å². The molecular weight excluding hydrogens is 372 g/mol. The standard InChI is InChI=1S/C26H52N2O2/c1-2-3-14-19-24(20-15-10-6-4-8-12-17-22-25(27)29)21-16-11-7-5-9-13-18-23-26(28)30/h24H,2-23H2,1H3,(H2,27,29)(H2,28,30). The molecular formula is C26H52N2O2. The van der Waals surface area contributed by atoms with E-state index in [1.54, 1.807) is 0 Å². The van der Waals surface area contributed by atoms with E-state index in [2.05, 4.69) is 6.92 Å². The number of carbonyl (C=O) groups excluding carboxylic acids is 2. The summed E-state index contributed by atoms with van der Waals surface area (Å²) >= 11 is 0. The summed E-state index contributed by atoms with van der Waals surface area (Å²) in [5, 5.41) is 0. The maximum absolute atomic E-state index is 10.7. The molecule has 0 heterocycles. The molecule has 0 aromatic heterocycles. The molecule has 0 saturated carbocycles. The molecule has 0 bridgehead atoms. The van der Waals surface area contributed by atoms with Crippen molar-refractivity contribution in [1.29, 1.82) is 0 Å². The lowest BCUT2D eigenvalue weighted by atomic mass is 9.89. The van der Waals surface area contributed by atoms with Gasteiger partial charge in [-0.3, -0.25) is 9.59 Å². The van der Waals surface area contributed by atoms with Crippen molar-refractivity contribution < 1.29 is 9.59 Å². The lowest BCUT2D eigenvalue weighted by molar-refractivity contribution is -0.119. The second-order valence-electron chi connectivity index (χ2n) is 9.32. The summed E-state index contributed by atoms with van der Waals surface area (Å²) in [5.74, 6) is 0.608. The minimum Gasteiger partial charge on any atom is -0.370 e. The van der Waals surface area contributed by atoms with Gasteiger partial charge in [0.1, 0.15) is 0 Å². The number of carbonyl (C=O) groups is 2. The van der Waals surface area contributed by atoms with Gasteiger partial charge in [-0.2, -0.15) is 0 Å². The second kappa shape index (κ2) is 22.6. The fourth-order valence-corrected chi connectivity index (χ4v) is 4.35. The summed E-state index contributed by atoms with van der Waals surface area (Å²) in [4.78, 5) is 21.4. The summed E-state index contributed by atoms with van der Waals surface area (Å²) in [5.41, 5.74) is 10.4. The first-order valence-corrected chi connectivity index (χ1v) is 13.1. The average molecular weight is 425 g/mol. The van der Waals surface area contributed by atoms with Crippen LogP contribution in [-0.2, 0) is 9.59 Å². The molecule has 0 aliphatic heterocycles. The first kappa shape index (κ1) is 28.9. The number of nitrogens with two attached hydrogens (primary N) is 2. The summed E-state index contributed by atoms with van der Waals surface area (Å²) in [7, 11) is 0. The number of rotatable bonds is 24. The Balaban J connectivity index is 3.67. The second-order valence-corrected chi connectivity index (χ2v) is 9.32. The van der Waals surface area contributed by atoms with E-state index in [4.69, 9.17) is 11.5 Å². The van der Waals surface area contributed by atoms with E-state index in [0.717, 1.165) is 31.6 Å². The Hall–Kier alpha value is -1.06. The highest BCUT2D eigenvalue weighted by atomic mass is 16.1. The smallest absolute Gasteiger partial charge is 0.217 e. The maximum Gasteiger partial charge on any atom is 0.217 e. The van der Waals surface area contributed by atoms with Crippen LogP contribution in [-0.4, -0.2) is 11.8 Å². The molecule has 4 N–H and O–H groups in total. The first-order valence-electron chi connectivity index (χ1n) is 13.1. The van der Waals surface area contributed by atoms with E-state index in [-0.39, 0.29) is 11.8 Å². The summed E-state index contributed by atoms with van der Waals surface area (Å²) in [6.45, 7) is 2.29. The van der Waals surface area contributed by atoms with Gasteiger partial charge in [0.05, 0.1) is 0 Å². The number of unbranched alkanes of at least 4 members (excludes halogenated alkanes) is 14. The molecule has 4 heteroatoms. The molecule has 0 saturated heterocycles. The van der Waals surface area contributed by atoms with Crippen molar-refractivity contribution in [1.82, 2.24) is 0 Å². The Kier molecular flexibility index (Phi) is 21.8. The first-order chi connectivity index (χ1) is 14.6. The minimum atomic E-state index is -0.163. The molecule has 4 nitrogen and oxygen atoms in total. The molecule has 0 unspecified atom stereocenters. The molecule has 0 atom stereocenters. The summed E-state index contributed by atoms with van der Waals surface area (Å²) in [6, 6.07) is 0. The highest BCUT2D eigenvalue weighted by Gasteiger charge is 2.08. The lowest BCUT2D eigenvalue weighted by Crippen LogP contribution is -2.09. The minimum absolute atomic E-state index is 0.163. The molecule has 178 valence electrons. The van der Waals surface area contributed by atoms with Gasteiger partial charge in [-0.15, -0.1) is 0 Å². The number of amides is 2. The van der Waals surface area contributed by atoms with Crippen molar-refractivity contribution >= 4 is 11.8 Å². The van der Waals surface area contributed by atoms with Crippen LogP contribution in [0.1, 0.15) is 148 Å². The van der Waals surface area contributed by atoms with Crippen LogP contribution >= 0.6 is 0 Å². The molecule has 0 aromatic rings. The molecule has 30 heavy (non-hydrogen) atoms. The highest BCUT2D eigenvalue weighted by molar-refractivity contribution is 5.73. The maximum atomic E-state index is 10.7. The Morgan fingerprint density at radius 1 is 0.500 bits per heavy atom. The van der Waals surface area contributed by atoms with Crippen molar-refractivity contribution in [2.75, 3.05) is 0 Å². The van der Waals surface area contributed by atoms with Gasteiger partial charge < -0.3 is 11.5 Å². The molecule has 0 fully saturated rings. The van der Waals surface area contributed by atoms with Gasteiger partial charge in [0.15, 0.2) is 0 Å². The normalized spacial score (nSPS) is 11.3. The van der Waals surface area contributed by atoms with Gasteiger partial charge >= 0.3 is 0 Å². The SMILES string of the molecule is CCCCCC(CCCCCCCCCC(N)=O)CCCCCCCCCC(N)=O. The number of primary amides is 2. The van der Waals surface area contributed by atoms with Gasteiger partial charge in [-0.1, -0.05) is 122 Å². The van der Waals surface area contributed by atoms with Gasteiger partial charge in [-0.05, 0) is 18.8 Å². The van der Waals surface area contributed by atoms with Crippen LogP contribution < -0.4 is 11.5 Å². The Bertz CT molecular complexity index is 366. The van der Waals surface area contributed by atoms with Crippen LogP contribution in [0.5, 0.6) is 0 Å². The molecule has 0 aliphatic rings. The third kappa shape index (κ3) is 23.2. The highest BCUT2D eigenvalue weighted by Crippen LogP contribution is 2.24. The third-order valence-electron chi connectivity index (χ3n) is 6.29. The van der Waals surface area contributed by atoms with Gasteiger partial charge in [0.25, 0.3) is 0 Å². The van der Waals surface area contributed by atoms with Crippen molar-refractivity contribution in [3.63, 3.8) is 0 Å². The topological polar surface area (TPSA) is 86.2 Å². The van der Waals surface area contributed by atoms with Gasteiger partial charge in [0.2, 0.25) is 11.8 Å². The Morgan fingerprint density at radius 2 is 0.800 bits per heavy atom. The molecule has 0 spiro atoms. The van der Waals surface area contributed by atoms with Gasteiger partial charge in [-0.25, -0.2) is 0 Å². The van der Waals surface area contributed by atoms with Crippen LogP contribution in [0, 0.1) is 5.92 Å². The number of hydrogen-bond acceptors (Lipinski definition) is 2. The van der Waals surface area contributed by atoms with Crippen LogP contribution in [0.4, 0.5) is 0 Å². The zero-order valence-electron chi connectivity index (χ0n) is 20.1. The third-order valence-corrected chi connectivity index (χ3v) is 6.29. The van der Waals surface area contributed by atoms with E-state index < -0.39 is 0 Å². The van der Waals surface area contributed by atoms with Crippen LogP contribution in [0.25, 0.3) is 0 Å². The molecule has 2 amide bonds. The quantitative estimate of drug-likeness (QED) is 0.161. The van der Waals surface area contributed by atoms with Crippen LogP contribution in [0.2, 0.25) is 0 Å². The van der Waals surface area contributed by atoms with Crippen LogP contribution in [0.15, 0.2) is 0 Å². The van der Waals surface area contributed by atoms with E-state index >= 15 is 0 Å². The van der Waals surface area contributed by atoms with E-state index in [1.807, 2.05) is 0 Å². The summed E-state index contributed by atoms with van der Waals surface area (Å²) < 4.78 is 0. The van der Waals surface area contributed by atoms with Crippen LogP contribution in [0.3, 0.4) is 0 Å².